The quantitative estimate of drug-likeness (QED) is 0.845. The number of benzene rings is 1. The highest BCUT2D eigenvalue weighted by Crippen LogP contribution is 2.33. The fraction of sp³-hybridized carbons (Fsp3) is 0.300. The lowest BCUT2D eigenvalue weighted by molar-refractivity contribution is -0.115. The number of allylic oxidation sites excluding steroid dienone is 1. The first-order valence-corrected chi connectivity index (χ1v) is 8.72. The van der Waals surface area contributed by atoms with E-state index in [9.17, 15) is 9.59 Å². The van der Waals surface area contributed by atoms with Crippen molar-refractivity contribution in [3.8, 4) is 0 Å². The smallest absolute Gasteiger partial charge is 0.253 e. The Hall–Kier alpha value is -2.13. The van der Waals surface area contributed by atoms with Gasteiger partial charge < -0.3 is 4.57 Å². The lowest BCUT2D eigenvalue weighted by atomic mass is 9.88. The molecule has 1 heterocycles. The van der Waals surface area contributed by atoms with E-state index in [4.69, 9.17) is 11.6 Å². The van der Waals surface area contributed by atoms with Crippen molar-refractivity contribution >= 4 is 23.5 Å². The lowest BCUT2D eigenvalue weighted by Crippen LogP contribution is -2.22. The fourth-order valence-electron chi connectivity index (χ4n) is 3.28. The molecule has 0 N–H and O–H groups in total. The average Bonchev–Trinajstić information content (AvgIpc) is 3.39. The molecule has 4 rings (SSSR count). The van der Waals surface area contributed by atoms with Crippen LogP contribution in [-0.2, 0) is 17.6 Å². The summed E-state index contributed by atoms with van der Waals surface area (Å²) in [5.74, 6) is 0.142. The van der Waals surface area contributed by atoms with Crippen molar-refractivity contribution in [1.82, 2.24) is 4.57 Å². The van der Waals surface area contributed by atoms with Gasteiger partial charge in [0.25, 0.3) is 5.56 Å². The van der Waals surface area contributed by atoms with Gasteiger partial charge in [-0.15, -0.1) is 0 Å². The number of pyridine rings is 1. The van der Waals surface area contributed by atoms with Gasteiger partial charge in [0.05, 0.1) is 0 Å². The summed E-state index contributed by atoms with van der Waals surface area (Å²) in [5.41, 5.74) is 3.69. The molecule has 0 spiro atoms. The molecule has 1 aromatic carbocycles. The number of carbonyl (C=O) groups is 1. The van der Waals surface area contributed by atoms with Gasteiger partial charge in [-0.05, 0) is 66.7 Å². The van der Waals surface area contributed by atoms with Crippen molar-refractivity contribution < 1.29 is 4.79 Å². The first-order valence-electron chi connectivity index (χ1n) is 8.34. The lowest BCUT2D eigenvalue weighted by Gasteiger charge is -2.16. The van der Waals surface area contributed by atoms with Crippen LogP contribution in [0.2, 0.25) is 5.02 Å². The van der Waals surface area contributed by atoms with Crippen LogP contribution < -0.4 is 5.56 Å². The van der Waals surface area contributed by atoms with Crippen molar-refractivity contribution in [2.45, 2.75) is 38.1 Å². The Bertz CT molecular complexity index is 906. The van der Waals surface area contributed by atoms with Crippen LogP contribution in [0.3, 0.4) is 0 Å². The second kappa shape index (κ2) is 6.06. The number of fused-ring (bicyclic) bond motifs is 1. The maximum atomic E-state index is 12.5. The summed E-state index contributed by atoms with van der Waals surface area (Å²) in [6.45, 7) is 0. The molecular weight excluding hydrogens is 322 g/mol. The number of Topliss-reactive ketones (excluding diaryl/α,β-unsaturated/α-hetero) is 1. The molecule has 0 atom stereocenters. The number of carbonyl (C=O) groups excluding carboxylic acids is 1. The molecule has 1 saturated carbocycles. The normalized spacial score (nSPS) is 16.7. The van der Waals surface area contributed by atoms with Crippen LogP contribution in [0.5, 0.6) is 0 Å². The fourth-order valence-corrected chi connectivity index (χ4v) is 3.46. The van der Waals surface area contributed by atoms with Crippen LogP contribution in [0.4, 0.5) is 0 Å². The summed E-state index contributed by atoms with van der Waals surface area (Å²) in [5, 5.41) is 0.675. The Kier molecular flexibility index (Phi) is 3.89. The molecule has 122 valence electrons. The molecule has 0 aliphatic heterocycles. The third kappa shape index (κ3) is 2.96. The number of ketones is 1. The molecule has 2 aliphatic rings. The molecule has 0 radical (unpaired) electrons. The van der Waals surface area contributed by atoms with Crippen molar-refractivity contribution in [1.29, 1.82) is 0 Å². The maximum absolute atomic E-state index is 12.5. The number of hydrogen-bond donors (Lipinski definition) is 0. The molecule has 0 amide bonds. The molecule has 1 aromatic heterocycles. The van der Waals surface area contributed by atoms with Gasteiger partial charge in [0, 0.05) is 29.2 Å². The highest BCUT2D eigenvalue weighted by atomic mass is 35.5. The Labute approximate surface area is 145 Å². The van der Waals surface area contributed by atoms with Crippen molar-refractivity contribution in [3.05, 3.63) is 74.2 Å². The Morgan fingerprint density at radius 1 is 1.12 bits per heavy atom. The summed E-state index contributed by atoms with van der Waals surface area (Å²) < 4.78 is 1.83. The van der Waals surface area contributed by atoms with Gasteiger partial charge in [0.1, 0.15) is 0 Å². The summed E-state index contributed by atoms with van der Waals surface area (Å²) in [6.07, 6.45) is 7.57. The first kappa shape index (κ1) is 15.4. The second-order valence-electron chi connectivity index (χ2n) is 6.59. The molecule has 1 fully saturated rings. The van der Waals surface area contributed by atoms with E-state index in [1.165, 1.54) is 0 Å². The van der Waals surface area contributed by atoms with E-state index in [0.717, 1.165) is 35.1 Å². The molecule has 24 heavy (non-hydrogen) atoms. The first-order chi connectivity index (χ1) is 11.6. The molecule has 3 nitrogen and oxygen atoms in total. The largest absolute Gasteiger partial charge is 0.312 e. The summed E-state index contributed by atoms with van der Waals surface area (Å²) in [6, 6.07) is 9.81. The third-order valence-electron chi connectivity index (χ3n) is 4.80. The highest BCUT2D eigenvalue weighted by molar-refractivity contribution is 6.30. The molecule has 0 unspecified atom stereocenters. The van der Waals surface area contributed by atoms with E-state index in [2.05, 4.69) is 0 Å². The van der Waals surface area contributed by atoms with E-state index in [-0.39, 0.29) is 11.3 Å². The third-order valence-corrected chi connectivity index (χ3v) is 5.04. The molecule has 2 aliphatic carbocycles. The van der Waals surface area contributed by atoms with Crippen LogP contribution >= 0.6 is 11.6 Å². The minimum atomic E-state index is 0.0901. The molecule has 4 heteroatoms. The van der Waals surface area contributed by atoms with Crippen molar-refractivity contribution in [3.63, 3.8) is 0 Å². The zero-order valence-corrected chi connectivity index (χ0v) is 14.1. The average molecular weight is 340 g/mol. The monoisotopic (exact) mass is 339 g/mol. The minimum Gasteiger partial charge on any atom is -0.312 e. The second-order valence-corrected chi connectivity index (χ2v) is 7.03. The number of aromatic nitrogens is 1. The molecule has 0 saturated heterocycles. The molecule has 2 aromatic rings. The van der Waals surface area contributed by atoms with Gasteiger partial charge in [-0.2, -0.15) is 0 Å². The number of rotatable bonds is 4. The van der Waals surface area contributed by atoms with Crippen LogP contribution in [0.25, 0.3) is 6.08 Å². The number of aryl methyl sites for hydroxylation is 1. The van der Waals surface area contributed by atoms with E-state index in [0.29, 0.717) is 30.3 Å². The topological polar surface area (TPSA) is 39.1 Å². The van der Waals surface area contributed by atoms with Crippen LogP contribution in [0, 0.1) is 0 Å². The van der Waals surface area contributed by atoms with Crippen molar-refractivity contribution in [2.24, 2.45) is 0 Å². The van der Waals surface area contributed by atoms with Gasteiger partial charge in [-0.1, -0.05) is 23.7 Å². The van der Waals surface area contributed by atoms with Crippen LogP contribution in [0.1, 0.15) is 42.0 Å². The van der Waals surface area contributed by atoms with Crippen LogP contribution in [-0.4, -0.2) is 10.4 Å². The van der Waals surface area contributed by atoms with E-state index < -0.39 is 0 Å². The minimum absolute atomic E-state index is 0.0901. The predicted octanol–water partition coefficient (Wildman–Crippen LogP) is 3.98. The number of hydrogen-bond acceptors (Lipinski definition) is 2. The standard InChI is InChI=1S/C20H18ClNO2/c21-17-6-5-14-12-19(23)15(10-16(14)11-17)4-3-13-2-1-9-22(20(13)24)18-7-8-18/h1-2,5-6,9-11,18H,3-4,7-8,12H2. The van der Waals surface area contributed by atoms with E-state index in [1.54, 1.807) is 0 Å². The number of nitrogens with zero attached hydrogens (tertiary/aromatic N) is 1. The maximum Gasteiger partial charge on any atom is 0.253 e. The predicted molar refractivity (Wildman–Crippen MR) is 95.4 cm³/mol. The van der Waals surface area contributed by atoms with Gasteiger partial charge in [0.2, 0.25) is 0 Å². The van der Waals surface area contributed by atoms with Gasteiger partial charge in [-0.3, -0.25) is 9.59 Å². The Morgan fingerprint density at radius 3 is 2.75 bits per heavy atom. The SMILES string of the molecule is O=C1Cc2ccc(Cl)cc2C=C1CCc1cccn(C2CC2)c1=O. The Morgan fingerprint density at radius 2 is 1.96 bits per heavy atom. The van der Waals surface area contributed by atoms with Gasteiger partial charge >= 0.3 is 0 Å². The van der Waals surface area contributed by atoms with Crippen LogP contribution in [0.15, 0.2) is 46.9 Å². The van der Waals surface area contributed by atoms with E-state index >= 15 is 0 Å². The summed E-state index contributed by atoms with van der Waals surface area (Å²) in [4.78, 5) is 24.8. The zero-order valence-electron chi connectivity index (χ0n) is 13.3. The Balaban J connectivity index is 1.57. The van der Waals surface area contributed by atoms with Gasteiger partial charge in [0.15, 0.2) is 5.78 Å². The molecule has 0 bridgehead atoms. The van der Waals surface area contributed by atoms with Crippen molar-refractivity contribution in [2.75, 3.05) is 0 Å². The summed E-state index contributed by atoms with van der Waals surface area (Å²) >= 11 is 6.05. The van der Waals surface area contributed by atoms with Gasteiger partial charge in [-0.25, -0.2) is 0 Å². The number of halogens is 1. The van der Waals surface area contributed by atoms with E-state index in [1.807, 2.05) is 47.2 Å². The molecular formula is C20H18ClNO2. The zero-order chi connectivity index (χ0) is 16.7. The highest BCUT2D eigenvalue weighted by Gasteiger charge is 2.25. The summed E-state index contributed by atoms with van der Waals surface area (Å²) in [7, 11) is 0.